The third kappa shape index (κ3) is 3.55. The Bertz CT molecular complexity index is 817. The Kier molecular flexibility index (Phi) is 5.22. The summed E-state index contributed by atoms with van der Waals surface area (Å²) in [4.78, 5) is 44.9. The number of urea groups is 1. The fourth-order valence-electron chi connectivity index (χ4n) is 2.90. The van der Waals surface area contributed by atoms with Gasteiger partial charge < -0.3 is 9.80 Å². The van der Waals surface area contributed by atoms with E-state index in [2.05, 4.69) is 4.98 Å². The van der Waals surface area contributed by atoms with Crippen molar-refractivity contribution in [3.63, 3.8) is 0 Å². The summed E-state index contributed by atoms with van der Waals surface area (Å²) in [7, 11) is 3.36. The molecule has 1 aromatic heterocycles. The van der Waals surface area contributed by atoms with Crippen molar-refractivity contribution in [3.05, 3.63) is 29.3 Å². The van der Waals surface area contributed by atoms with Crippen LogP contribution < -0.4 is 0 Å². The van der Waals surface area contributed by atoms with E-state index < -0.39 is 0 Å². The molecule has 1 fully saturated rings. The first kappa shape index (κ1) is 18.3. The molecule has 0 bridgehead atoms. The van der Waals surface area contributed by atoms with Crippen molar-refractivity contribution in [2.24, 2.45) is 0 Å². The number of rotatable bonds is 6. The Hall–Kier alpha value is -2.48. The molecule has 26 heavy (non-hydrogen) atoms. The molecule has 1 aliphatic rings. The van der Waals surface area contributed by atoms with Crippen molar-refractivity contribution >= 4 is 39.4 Å². The SMILES string of the molecule is C[C@@H](c1nc2ccccc2s1)N(C)C(=O)CCCN1C(=O)CN(C)C1=O. The number of carbonyl (C=O) groups excluding carboxylic acids is 3. The molecule has 8 heteroatoms. The Morgan fingerprint density at radius 3 is 2.73 bits per heavy atom. The van der Waals surface area contributed by atoms with Crippen LogP contribution in [0.3, 0.4) is 0 Å². The van der Waals surface area contributed by atoms with Gasteiger partial charge in [-0.05, 0) is 25.5 Å². The van der Waals surface area contributed by atoms with E-state index in [0.29, 0.717) is 6.42 Å². The highest BCUT2D eigenvalue weighted by molar-refractivity contribution is 7.18. The van der Waals surface area contributed by atoms with Gasteiger partial charge in [-0.1, -0.05) is 12.1 Å². The summed E-state index contributed by atoms with van der Waals surface area (Å²) >= 11 is 1.59. The second-order valence-electron chi connectivity index (χ2n) is 6.49. The molecule has 1 aromatic carbocycles. The van der Waals surface area contributed by atoms with Gasteiger partial charge in [0.2, 0.25) is 11.8 Å². The number of benzene rings is 1. The Labute approximate surface area is 156 Å². The highest BCUT2D eigenvalue weighted by atomic mass is 32.1. The molecule has 7 nitrogen and oxygen atoms in total. The first-order chi connectivity index (χ1) is 12.4. The summed E-state index contributed by atoms with van der Waals surface area (Å²) in [5, 5.41) is 0.897. The fourth-order valence-corrected chi connectivity index (χ4v) is 3.97. The number of nitrogens with zero attached hydrogens (tertiary/aromatic N) is 4. The summed E-state index contributed by atoms with van der Waals surface area (Å²) < 4.78 is 1.10. The Balaban J connectivity index is 1.55. The van der Waals surface area contributed by atoms with Gasteiger partial charge in [0.25, 0.3) is 0 Å². The molecule has 1 aliphatic heterocycles. The van der Waals surface area contributed by atoms with Gasteiger partial charge in [0.1, 0.15) is 11.6 Å². The van der Waals surface area contributed by atoms with E-state index in [1.165, 1.54) is 9.80 Å². The van der Waals surface area contributed by atoms with Crippen molar-refractivity contribution < 1.29 is 14.4 Å². The van der Waals surface area contributed by atoms with E-state index in [9.17, 15) is 14.4 Å². The van der Waals surface area contributed by atoms with Gasteiger partial charge in [0, 0.05) is 27.1 Å². The first-order valence-corrected chi connectivity index (χ1v) is 9.36. The maximum absolute atomic E-state index is 12.5. The predicted octanol–water partition coefficient (Wildman–Crippen LogP) is 2.49. The van der Waals surface area contributed by atoms with E-state index in [-0.39, 0.29) is 43.4 Å². The van der Waals surface area contributed by atoms with E-state index in [1.54, 1.807) is 30.3 Å². The van der Waals surface area contributed by atoms with Crippen molar-refractivity contribution in [3.8, 4) is 0 Å². The molecule has 0 radical (unpaired) electrons. The molecule has 0 aliphatic carbocycles. The molecule has 0 saturated carbocycles. The second kappa shape index (κ2) is 7.41. The fraction of sp³-hybridized carbons (Fsp3) is 0.444. The van der Waals surface area contributed by atoms with Crippen molar-refractivity contribution in [1.29, 1.82) is 0 Å². The summed E-state index contributed by atoms with van der Waals surface area (Å²) in [6.07, 6.45) is 0.744. The number of hydrogen-bond acceptors (Lipinski definition) is 5. The lowest BCUT2D eigenvalue weighted by Crippen LogP contribution is -2.34. The largest absolute Gasteiger partial charge is 0.337 e. The first-order valence-electron chi connectivity index (χ1n) is 8.55. The van der Waals surface area contributed by atoms with Gasteiger partial charge in [0.05, 0.1) is 16.3 Å². The molecule has 3 rings (SSSR count). The van der Waals surface area contributed by atoms with Gasteiger partial charge in [-0.3, -0.25) is 14.5 Å². The van der Waals surface area contributed by atoms with Gasteiger partial charge in [-0.15, -0.1) is 11.3 Å². The number of hydrogen-bond donors (Lipinski definition) is 0. The second-order valence-corrected chi connectivity index (χ2v) is 7.55. The van der Waals surface area contributed by atoms with Crippen LogP contribution in [0.5, 0.6) is 0 Å². The quantitative estimate of drug-likeness (QED) is 0.728. The summed E-state index contributed by atoms with van der Waals surface area (Å²) in [5.74, 6) is -0.231. The Morgan fingerprint density at radius 1 is 1.35 bits per heavy atom. The molecule has 1 saturated heterocycles. The van der Waals surface area contributed by atoms with Gasteiger partial charge >= 0.3 is 6.03 Å². The van der Waals surface area contributed by atoms with E-state index in [1.807, 2.05) is 31.2 Å². The highest BCUT2D eigenvalue weighted by Gasteiger charge is 2.33. The molecular formula is C18H22N4O3S. The van der Waals surface area contributed by atoms with Crippen LogP contribution in [0.2, 0.25) is 0 Å². The number of amides is 4. The number of carbonyl (C=O) groups is 3. The average Bonchev–Trinajstić information content (AvgIpc) is 3.16. The predicted molar refractivity (Wildman–Crippen MR) is 99.8 cm³/mol. The number of thiazole rings is 1. The molecule has 0 unspecified atom stereocenters. The lowest BCUT2D eigenvalue weighted by atomic mass is 10.2. The lowest BCUT2D eigenvalue weighted by molar-refractivity contribution is -0.132. The van der Waals surface area contributed by atoms with Crippen molar-refractivity contribution in [2.45, 2.75) is 25.8 Å². The smallest absolute Gasteiger partial charge is 0.326 e. The van der Waals surface area contributed by atoms with Crippen molar-refractivity contribution in [2.75, 3.05) is 27.2 Å². The van der Waals surface area contributed by atoms with Crippen LogP contribution >= 0.6 is 11.3 Å². The van der Waals surface area contributed by atoms with E-state index >= 15 is 0 Å². The monoisotopic (exact) mass is 374 g/mol. The van der Waals surface area contributed by atoms with Gasteiger partial charge in [0.15, 0.2) is 0 Å². The molecule has 2 heterocycles. The third-order valence-electron chi connectivity index (χ3n) is 4.65. The molecule has 0 N–H and O–H groups in total. The van der Waals surface area contributed by atoms with Crippen LogP contribution in [0.1, 0.15) is 30.8 Å². The molecule has 4 amide bonds. The zero-order chi connectivity index (χ0) is 18.8. The maximum Gasteiger partial charge on any atom is 0.326 e. The summed E-state index contributed by atoms with van der Waals surface area (Å²) in [6, 6.07) is 7.49. The highest BCUT2D eigenvalue weighted by Crippen LogP contribution is 2.29. The normalized spacial score (nSPS) is 15.8. The topological polar surface area (TPSA) is 73.8 Å². The number of fused-ring (bicyclic) bond motifs is 1. The van der Waals surface area contributed by atoms with Crippen LogP contribution in [0.15, 0.2) is 24.3 Å². The van der Waals surface area contributed by atoms with Crippen LogP contribution in [0, 0.1) is 0 Å². The zero-order valence-electron chi connectivity index (χ0n) is 15.1. The molecule has 1 atom stereocenters. The number of imide groups is 1. The van der Waals surface area contributed by atoms with E-state index in [4.69, 9.17) is 0 Å². The van der Waals surface area contributed by atoms with Gasteiger partial charge in [-0.25, -0.2) is 9.78 Å². The lowest BCUT2D eigenvalue weighted by Gasteiger charge is -2.23. The summed E-state index contributed by atoms with van der Waals surface area (Å²) in [6.45, 7) is 2.34. The van der Waals surface area contributed by atoms with Crippen molar-refractivity contribution in [1.82, 2.24) is 19.7 Å². The minimum Gasteiger partial charge on any atom is -0.337 e. The minimum atomic E-state index is -0.293. The van der Waals surface area contributed by atoms with Crippen LogP contribution in [-0.2, 0) is 9.59 Å². The van der Waals surface area contributed by atoms with Gasteiger partial charge in [-0.2, -0.15) is 0 Å². The zero-order valence-corrected chi connectivity index (χ0v) is 16.0. The number of aromatic nitrogens is 1. The van der Waals surface area contributed by atoms with Crippen LogP contribution in [-0.4, -0.2) is 64.7 Å². The maximum atomic E-state index is 12.5. The average molecular weight is 374 g/mol. The standard InChI is InChI=1S/C18H22N4O3S/c1-12(17-19-13-7-4-5-8-14(13)26-17)21(3)15(23)9-6-10-22-16(24)11-20(2)18(22)25/h4-5,7-8,12H,6,9-11H2,1-3H3/t12-/m0/s1. The van der Waals surface area contributed by atoms with Crippen LogP contribution in [0.25, 0.3) is 10.2 Å². The molecule has 138 valence electrons. The number of likely N-dealkylation sites (N-methyl/N-ethyl adjacent to an activating group) is 1. The minimum absolute atomic E-state index is 0.0239. The molecular weight excluding hydrogens is 352 g/mol. The molecule has 0 spiro atoms. The number of para-hydroxylation sites is 1. The summed E-state index contributed by atoms with van der Waals surface area (Å²) in [5.41, 5.74) is 0.940. The van der Waals surface area contributed by atoms with E-state index in [0.717, 1.165) is 15.2 Å². The molecule has 2 aromatic rings. The Morgan fingerprint density at radius 2 is 2.08 bits per heavy atom. The third-order valence-corrected chi connectivity index (χ3v) is 5.85. The van der Waals surface area contributed by atoms with Crippen LogP contribution in [0.4, 0.5) is 4.79 Å².